The Labute approximate surface area is 143 Å². The number of amides is 1. The van der Waals surface area contributed by atoms with Crippen LogP contribution in [0.15, 0.2) is 47.5 Å². The van der Waals surface area contributed by atoms with E-state index in [9.17, 15) is 13.2 Å². The zero-order valence-corrected chi connectivity index (χ0v) is 14.6. The fourth-order valence-corrected chi connectivity index (χ4v) is 3.76. The molecule has 0 aliphatic heterocycles. The zero-order chi connectivity index (χ0) is 17.6. The molecule has 1 atom stereocenters. The summed E-state index contributed by atoms with van der Waals surface area (Å²) in [6, 6.07) is 6.25. The minimum atomic E-state index is -3.94. The Morgan fingerprint density at radius 1 is 1.29 bits per heavy atom. The number of aryl methyl sites for hydroxylation is 1. The van der Waals surface area contributed by atoms with Crippen LogP contribution in [0.25, 0.3) is 0 Å². The lowest BCUT2D eigenvalue weighted by Crippen LogP contribution is -2.36. The van der Waals surface area contributed by atoms with Gasteiger partial charge in [-0.15, -0.1) is 5.73 Å². The first kappa shape index (κ1) is 18.3. The summed E-state index contributed by atoms with van der Waals surface area (Å²) >= 11 is 0. The van der Waals surface area contributed by atoms with Gasteiger partial charge in [0.2, 0.25) is 0 Å². The Balaban J connectivity index is 2.04. The lowest BCUT2D eigenvalue weighted by atomic mass is 9.85. The smallest absolute Gasteiger partial charge is 0.421 e. The zero-order valence-electron chi connectivity index (χ0n) is 13.8. The van der Waals surface area contributed by atoms with E-state index in [-0.39, 0.29) is 10.8 Å². The predicted octanol–water partition coefficient (Wildman–Crippen LogP) is 3.70. The van der Waals surface area contributed by atoms with Crippen molar-refractivity contribution in [2.75, 3.05) is 0 Å². The number of ether oxygens (including phenoxy) is 1. The van der Waals surface area contributed by atoms with Gasteiger partial charge in [0.1, 0.15) is 6.10 Å². The minimum absolute atomic E-state index is 0.0264. The van der Waals surface area contributed by atoms with Gasteiger partial charge in [-0.25, -0.2) is 17.9 Å². The van der Waals surface area contributed by atoms with E-state index in [1.165, 1.54) is 18.6 Å². The van der Waals surface area contributed by atoms with Gasteiger partial charge in [-0.3, -0.25) is 0 Å². The number of rotatable bonds is 5. The van der Waals surface area contributed by atoms with Crippen molar-refractivity contribution in [3.05, 3.63) is 48.2 Å². The van der Waals surface area contributed by atoms with Crippen molar-refractivity contribution in [2.24, 2.45) is 5.92 Å². The van der Waals surface area contributed by atoms with Gasteiger partial charge in [0, 0.05) is 5.92 Å². The van der Waals surface area contributed by atoms with Crippen LogP contribution in [-0.2, 0) is 14.8 Å². The van der Waals surface area contributed by atoms with E-state index < -0.39 is 22.2 Å². The second-order valence-electron chi connectivity index (χ2n) is 6.06. The summed E-state index contributed by atoms with van der Waals surface area (Å²) in [6.45, 7) is 5.38. The fraction of sp³-hybridized carbons (Fsp3) is 0.444. The van der Waals surface area contributed by atoms with Crippen LogP contribution in [0.2, 0.25) is 0 Å². The van der Waals surface area contributed by atoms with E-state index in [2.05, 4.69) is 12.3 Å². The Bertz CT molecular complexity index is 712. The Kier molecular flexibility index (Phi) is 6.23. The molecule has 1 aromatic carbocycles. The van der Waals surface area contributed by atoms with Crippen LogP contribution in [0, 0.1) is 12.8 Å². The van der Waals surface area contributed by atoms with E-state index in [4.69, 9.17) is 4.74 Å². The van der Waals surface area contributed by atoms with E-state index >= 15 is 0 Å². The molecular weight excluding hydrogens is 326 g/mol. The van der Waals surface area contributed by atoms with Crippen molar-refractivity contribution in [3.8, 4) is 0 Å². The van der Waals surface area contributed by atoms with Crippen molar-refractivity contribution >= 4 is 16.1 Å². The van der Waals surface area contributed by atoms with Crippen molar-refractivity contribution in [1.29, 1.82) is 0 Å². The van der Waals surface area contributed by atoms with Crippen LogP contribution < -0.4 is 4.72 Å². The molecule has 1 saturated carbocycles. The normalized spacial score (nSPS) is 16.7. The summed E-state index contributed by atoms with van der Waals surface area (Å²) in [7, 11) is -3.94. The van der Waals surface area contributed by atoms with Gasteiger partial charge in [-0.05, 0) is 38.0 Å². The molecule has 1 aliphatic rings. The molecule has 0 aromatic heterocycles. The standard InChI is InChI=1S/C18H23NO4S/c1-3-7-17(15-8-5-4-6-9-15)23-18(20)19-24(21,22)16-12-10-14(2)11-13-16/h7,10-13,15,17H,1,4-6,8-9H2,2H3,(H,19,20). The average molecular weight is 349 g/mol. The van der Waals surface area contributed by atoms with Crippen molar-refractivity contribution in [3.63, 3.8) is 0 Å². The fourth-order valence-electron chi connectivity index (χ4n) is 2.88. The van der Waals surface area contributed by atoms with Gasteiger partial charge in [0.25, 0.3) is 10.0 Å². The largest absolute Gasteiger partial charge is 0.440 e. The predicted molar refractivity (Wildman–Crippen MR) is 92.1 cm³/mol. The summed E-state index contributed by atoms with van der Waals surface area (Å²) in [5, 5.41) is 0. The first-order valence-corrected chi connectivity index (χ1v) is 9.57. The number of hydrogen-bond donors (Lipinski definition) is 1. The van der Waals surface area contributed by atoms with Crippen molar-refractivity contribution in [2.45, 2.75) is 50.0 Å². The number of hydrogen-bond acceptors (Lipinski definition) is 4. The molecule has 24 heavy (non-hydrogen) atoms. The van der Waals surface area contributed by atoms with E-state index in [0.717, 1.165) is 31.2 Å². The van der Waals surface area contributed by atoms with E-state index in [0.29, 0.717) is 0 Å². The van der Waals surface area contributed by atoms with Crippen molar-refractivity contribution in [1.82, 2.24) is 4.72 Å². The summed E-state index contributed by atoms with van der Waals surface area (Å²) in [5.74, 6) is 0.181. The van der Waals surface area contributed by atoms with E-state index in [1.807, 2.05) is 11.6 Å². The summed E-state index contributed by atoms with van der Waals surface area (Å²) in [6.07, 6.45) is 5.34. The number of benzene rings is 1. The van der Waals surface area contributed by atoms with Gasteiger partial charge in [0.15, 0.2) is 0 Å². The molecule has 0 bridgehead atoms. The van der Waals surface area contributed by atoms with Gasteiger partial charge in [-0.2, -0.15) is 0 Å². The summed E-state index contributed by atoms with van der Waals surface area (Å²) in [4.78, 5) is 12.1. The molecule has 1 aromatic rings. The molecule has 1 N–H and O–H groups in total. The van der Waals surface area contributed by atoms with Gasteiger partial charge < -0.3 is 4.74 Å². The first-order valence-electron chi connectivity index (χ1n) is 8.08. The maximum absolute atomic E-state index is 12.2. The molecule has 6 heteroatoms. The molecule has 5 nitrogen and oxygen atoms in total. The highest BCUT2D eigenvalue weighted by Gasteiger charge is 2.27. The van der Waals surface area contributed by atoms with Gasteiger partial charge in [-0.1, -0.05) is 43.5 Å². The van der Waals surface area contributed by atoms with Crippen LogP contribution in [0.4, 0.5) is 4.79 Å². The number of nitrogens with one attached hydrogen (secondary N) is 1. The third-order valence-electron chi connectivity index (χ3n) is 4.19. The van der Waals surface area contributed by atoms with Crippen molar-refractivity contribution < 1.29 is 17.9 Å². The van der Waals surface area contributed by atoms with Crippen LogP contribution in [0.1, 0.15) is 37.7 Å². The molecule has 1 aliphatic carbocycles. The monoisotopic (exact) mass is 349 g/mol. The van der Waals surface area contributed by atoms with Gasteiger partial charge >= 0.3 is 6.09 Å². The summed E-state index contributed by atoms with van der Waals surface area (Å²) < 4.78 is 31.7. The lowest BCUT2D eigenvalue weighted by molar-refractivity contribution is 0.0800. The van der Waals surface area contributed by atoms with Crippen LogP contribution in [-0.4, -0.2) is 20.6 Å². The molecule has 0 radical (unpaired) electrons. The van der Waals surface area contributed by atoms with Crippen LogP contribution >= 0.6 is 0 Å². The molecule has 2 rings (SSSR count). The Hall–Kier alpha value is -2.04. The molecule has 0 spiro atoms. The van der Waals surface area contributed by atoms with Crippen LogP contribution in [0.3, 0.4) is 0 Å². The molecule has 1 amide bonds. The SMILES string of the molecule is C=C=CC(OC(=O)NS(=O)(=O)c1ccc(C)cc1)C1CCCCC1. The number of carbonyl (C=O) groups is 1. The van der Waals surface area contributed by atoms with E-state index in [1.54, 1.807) is 18.2 Å². The number of carbonyl (C=O) groups excluding carboxylic acids is 1. The second kappa shape index (κ2) is 8.18. The lowest BCUT2D eigenvalue weighted by Gasteiger charge is -2.27. The molecular formula is C18H23NO4S. The first-order chi connectivity index (χ1) is 11.4. The quantitative estimate of drug-likeness (QED) is 0.823. The van der Waals surface area contributed by atoms with Crippen LogP contribution in [0.5, 0.6) is 0 Å². The highest BCUT2D eigenvalue weighted by Crippen LogP contribution is 2.28. The summed E-state index contributed by atoms with van der Waals surface area (Å²) in [5.41, 5.74) is 3.58. The van der Waals surface area contributed by atoms with Gasteiger partial charge in [0.05, 0.1) is 4.90 Å². The second-order valence-corrected chi connectivity index (χ2v) is 7.74. The molecule has 1 fully saturated rings. The topological polar surface area (TPSA) is 72.5 Å². The highest BCUT2D eigenvalue weighted by molar-refractivity contribution is 7.90. The third-order valence-corrected chi connectivity index (χ3v) is 5.52. The molecule has 0 saturated heterocycles. The average Bonchev–Trinajstić information content (AvgIpc) is 2.55. The third kappa shape index (κ3) is 4.98. The Morgan fingerprint density at radius 3 is 2.50 bits per heavy atom. The maximum atomic E-state index is 12.2. The molecule has 1 unspecified atom stereocenters. The minimum Gasteiger partial charge on any atom is -0.440 e. The number of sulfonamides is 1. The Morgan fingerprint density at radius 2 is 1.92 bits per heavy atom. The highest BCUT2D eigenvalue weighted by atomic mass is 32.2. The molecule has 130 valence electrons. The molecule has 0 heterocycles. The maximum Gasteiger partial charge on any atom is 0.421 e.